The summed E-state index contributed by atoms with van der Waals surface area (Å²) in [6, 6.07) is 17.7. The van der Waals surface area contributed by atoms with Gasteiger partial charge < -0.3 is 9.84 Å². The van der Waals surface area contributed by atoms with Crippen molar-refractivity contribution in [1.29, 1.82) is 0 Å². The van der Waals surface area contributed by atoms with E-state index in [1.807, 2.05) is 64.1 Å². The Morgan fingerprint density at radius 3 is 2.44 bits per heavy atom. The van der Waals surface area contributed by atoms with Crippen LogP contribution in [0, 0.1) is 20.8 Å². The second-order valence-electron chi connectivity index (χ2n) is 8.94. The monoisotopic (exact) mass is 498 g/mol. The summed E-state index contributed by atoms with van der Waals surface area (Å²) in [7, 11) is 0. The van der Waals surface area contributed by atoms with Crippen LogP contribution in [0.15, 0.2) is 66.2 Å². The van der Waals surface area contributed by atoms with Crippen molar-refractivity contribution in [3.8, 4) is 5.75 Å². The molecule has 0 aliphatic carbocycles. The number of hydrogen-bond acceptors (Lipinski definition) is 6. The van der Waals surface area contributed by atoms with Gasteiger partial charge in [0, 0.05) is 5.56 Å². The number of fused-ring (bicyclic) bond motifs is 1. The Kier molecular flexibility index (Phi) is 6.10. The average Bonchev–Trinajstić information content (AvgIpc) is 3.37. The number of thiazole rings is 1. The lowest BCUT2D eigenvalue weighted by atomic mass is 9.94. The maximum atomic E-state index is 13.4. The molecule has 1 aliphatic rings. The molecule has 7 heteroatoms. The van der Waals surface area contributed by atoms with E-state index in [4.69, 9.17) is 9.72 Å². The molecule has 1 unspecified atom stereocenters. The van der Waals surface area contributed by atoms with Gasteiger partial charge in [0.2, 0.25) is 0 Å². The van der Waals surface area contributed by atoms with Crippen molar-refractivity contribution in [2.45, 2.75) is 33.7 Å². The van der Waals surface area contributed by atoms with Gasteiger partial charge in [0.05, 0.1) is 28.4 Å². The molecular formula is C29H26N2O4S. The van der Waals surface area contributed by atoms with Gasteiger partial charge >= 0.3 is 5.91 Å². The third-order valence-electron chi connectivity index (χ3n) is 6.44. The normalized spacial score (nSPS) is 17.2. The maximum absolute atomic E-state index is 13.4. The highest BCUT2D eigenvalue weighted by Crippen LogP contribution is 2.44. The zero-order valence-corrected chi connectivity index (χ0v) is 21.3. The molecule has 1 fully saturated rings. The maximum Gasteiger partial charge on any atom is 0.301 e. The number of hydrogen-bond donors (Lipinski definition) is 1. The predicted molar refractivity (Wildman–Crippen MR) is 143 cm³/mol. The van der Waals surface area contributed by atoms with Gasteiger partial charge in [0.1, 0.15) is 11.5 Å². The zero-order chi connectivity index (χ0) is 25.6. The molecule has 6 nitrogen and oxygen atoms in total. The van der Waals surface area contributed by atoms with Gasteiger partial charge in [-0.15, -0.1) is 0 Å². The van der Waals surface area contributed by atoms with E-state index in [0.29, 0.717) is 23.1 Å². The minimum absolute atomic E-state index is 0.0429. The van der Waals surface area contributed by atoms with Crippen molar-refractivity contribution in [3.63, 3.8) is 0 Å². The SMILES string of the molecule is CCOc1ccc(/C(O)=C2\C(=O)C(=O)N(c3nc4cc(C)c(C)cc4s3)C2c2cccc(C)c2)cc1. The summed E-state index contributed by atoms with van der Waals surface area (Å²) in [6.45, 7) is 8.41. The van der Waals surface area contributed by atoms with Crippen LogP contribution in [0.5, 0.6) is 5.75 Å². The van der Waals surface area contributed by atoms with E-state index in [-0.39, 0.29) is 11.3 Å². The Balaban J connectivity index is 1.69. The van der Waals surface area contributed by atoms with E-state index >= 15 is 0 Å². The van der Waals surface area contributed by atoms with Gasteiger partial charge in [-0.2, -0.15) is 0 Å². The van der Waals surface area contributed by atoms with Gasteiger partial charge in [-0.05, 0) is 80.8 Å². The van der Waals surface area contributed by atoms with E-state index in [2.05, 4.69) is 0 Å². The molecule has 182 valence electrons. The number of aliphatic hydroxyl groups excluding tert-OH is 1. The lowest BCUT2D eigenvalue weighted by Gasteiger charge is -2.23. The molecule has 0 saturated carbocycles. The van der Waals surface area contributed by atoms with Crippen LogP contribution in [-0.4, -0.2) is 28.4 Å². The Bertz CT molecular complexity index is 1500. The summed E-state index contributed by atoms with van der Waals surface area (Å²) >= 11 is 1.36. The highest BCUT2D eigenvalue weighted by Gasteiger charge is 2.48. The first kappa shape index (κ1) is 23.8. The topological polar surface area (TPSA) is 79.7 Å². The van der Waals surface area contributed by atoms with Crippen molar-refractivity contribution in [2.75, 3.05) is 11.5 Å². The number of nitrogens with zero attached hydrogens (tertiary/aromatic N) is 2. The first-order valence-electron chi connectivity index (χ1n) is 11.8. The summed E-state index contributed by atoms with van der Waals surface area (Å²) in [4.78, 5) is 33.0. The molecular weight excluding hydrogens is 472 g/mol. The van der Waals surface area contributed by atoms with Crippen LogP contribution in [0.2, 0.25) is 0 Å². The molecule has 3 aromatic carbocycles. The fourth-order valence-corrected chi connectivity index (χ4v) is 5.56. The van der Waals surface area contributed by atoms with Gasteiger partial charge in [-0.25, -0.2) is 4.98 Å². The molecule has 1 aromatic heterocycles. The van der Waals surface area contributed by atoms with Crippen LogP contribution >= 0.6 is 11.3 Å². The predicted octanol–water partition coefficient (Wildman–Crippen LogP) is 6.25. The summed E-state index contributed by atoms with van der Waals surface area (Å²) in [6.07, 6.45) is 0. The Hall–Kier alpha value is -3.97. The molecule has 1 N–H and O–H groups in total. The minimum atomic E-state index is -0.806. The Morgan fingerprint density at radius 2 is 1.75 bits per heavy atom. The number of carbonyl (C=O) groups is 2. The minimum Gasteiger partial charge on any atom is -0.507 e. The van der Waals surface area contributed by atoms with Crippen molar-refractivity contribution in [2.24, 2.45) is 0 Å². The number of rotatable bonds is 5. The number of ketones is 1. The molecule has 1 amide bonds. The second-order valence-corrected chi connectivity index (χ2v) is 9.95. The number of aromatic nitrogens is 1. The zero-order valence-electron chi connectivity index (χ0n) is 20.5. The van der Waals surface area contributed by atoms with Gasteiger partial charge in [-0.1, -0.05) is 41.2 Å². The lowest BCUT2D eigenvalue weighted by Crippen LogP contribution is -2.29. The van der Waals surface area contributed by atoms with Crippen LogP contribution in [-0.2, 0) is 9.59 Å². The van der Waals surface area contributed by atoms with E-state index in [9.17, 15) is 14.7 Å². The van der Waals surface area contributed by atoms with E-state index in [0.717, 1.165) is 32.5 Å². The molecule has 1 atom stereocenters. The molecule has 0 spiro atoms. The number of Topliss-reactive ketones (excluding diaryl/α,β-unsaturated/α-hetero) is 1. The summed E-state index contributed by atoms with van der Waals surface area (Å²) in [5.74, 6) is -1.01. The van der Waals surface area contributed by atoms with Crippen molar-refractivity contribution >= 4 is 44.1 Å². The smallest absolute Gasteiger partial charge is 0.301 e. The number of ether oxygens (including phenoxy) is 1. The fourth-order valence-electron chi connectivity index (χ4n) is 4.49. The molecule has 36 heavy (non-hydrogen) atoms. The number of aliphatic hydroxyl groups is 1. The number of amides is 1. The molecule has 0 bridgehead atoms. The second kappa shape index (κ2) is 9.24. The van der Waals surface area contributed by atoms with Crippen LogP contribution in [0.1, 0.15) is 40.8 Å². The van der Waals surface area contributed by atoms with Gasteiger partial charge in [0.25, 0.3) is 5.78 Å². The molecule has 5 rings (SSSR count). The summed E-state index contributed by atoms with van der Waals surface area (Å²) in [5.41, 5.74) is 5.20. The molecule has 1 aliphatic heterocycles. The van der Waals surface area contributed by atoms with Crippen LogP contribution in [0.25, 0.3) is 16.0 Å². The third kappa shape index (κ3) is 4.05. The van der Waals surface area contributed by atoms with E-state index in [1.54, 1.807) is 24.3 Å². The summed E-state index contributed by atoms with van der Waals surface area (Å²) in [5, 5.41) is 11.8. The van der Waals surface area contributed by atoms with Crippen LogP contribution in [0.3, 0.4) is 0 Å². The average molecular weight is 499 g/mol. The highest BCUT2D eigenvalue weighted by molar-refractivity contribution is 7.22. The van der Waals surface area contributed by atoms with E-state index in [1.165, 1.54) is 16.2 Å². The van der Waals surface area contributed by atoms with Crippen LogP contribution < -0.4 is 9.64 Å². The lowest BCUT2D eigenvalue weighted by molar-refractivity contribution is -0.132. The molecule has 4 aromatic rings. The van der Waals surface area contributed by atoms with Crippen molar-refractivity contribution < 1.29 is 19.4 Å². The molecule has 1 saturated heterocycles. The van der Waals surface area contributed by atoms with Gasteiger partial charge in [0.15, 0.2) is 5.13 Å². The van der Waals surface area contributed by atoms with Gasteiger partial charge in [-0.3, -0.25) is 14.5 Å². The van der Waals surface area contributed by atoms with E-state index < -0.39 is 17.7 Å². The molecule has 2 heterocycles. The standard InChI is InChI=1S/C29H26N2O4S/c1-5-35-21-11-9-19(10-12-21)26(32)24-25(20-8-6-7-16(2)13-20)31(28(34)27(24)33)29-30-22-14-17(3)18(4)15-23(22)36-29/h6-15,25,32H,5H2,1-4H3/b26-24+. The first-order valence-corrected chi connectivity index (χ1v) is 12.6. The van der Waals surface area contributed by atoms with Crippen molar-refractivity contribution in [1.82, 2.24) is 4.98 Å². The quantitative estimate of drug-likeness (QED) is 0.200. The summed E-state index contributed by atoms with van der Waals surface area (Å²) < 4.78 is 6.43. The Labute approximate surface area is 213 Å². The number of anilines is 1. The number of aryl methyl sites for hydroxylation is 3. The fraction of sp³-hybridized carbons (Fsp3) is 0.207. The Morgan fingerprint density at radius 1 is 1.03 bits per heavy atom. The largest absolute Gasteiger partial charge is 0.507 e. The number of benzene rings is 3. The first-order chi connectivity index (χ1) is 17.3. The number of carbonyl (C=O) groups excluding carboxylic acids is 2. The van der Waals surface area contributed by atoms with Crippen LogP contribution in [0.4, 0.5) is 5.13 Å². The molecule has 0 radical (unpaired) electrons. The van der Waals surface area contributed by atoms with Crippen molar-refractivity contribution in [3.05, 3.63) is 94.1 Å². The highest BCUT2D eigenvalue weighted by atomic mass is 32.1. The third-order valence-corrected chi connectivity index (χ3v) is 7.46.